The van der Waals surface area contributed by atoms with Crippen molar-refractivity contribution in [2.75, 3.05) is 0 Å². The summed E-state index contributed by atoms with van der Waals surface area (Å²) in [5.41, 5.74) is 3.07. The molecule has 9 heteroatoms. The largest absolute Gasteiger partial charge is 0.345 e. The average Bonchev–Trinajstić information content (AvgIpc) is 3.06. The molecule has 0 aliphatic rings. The van der Waals surface area contributed by atoms with Gasteiger partial charge in [0.25, 0.3) is 0 Å². The van der Waals surface area contributed by atoms with E-state index in [4.69, 9.17) is 23.2 Å². The van der Waals surface area contributed by atoms with Crippen molar-refractivity contribution in [3.63, 3.8) is 0 Å². The van der Waals surface area contributed by atoms with Gasteiger partial charge < -0.3 is 9.97 Å². The SMILES string of the molecule is Clc1cnc2c(Br)c[nH]c2n1.Clc1cnc2cc[nH]c2n1. The third kappa shape index (κ3) is 3.15. The Morgan fingerprint density at radius 1 is 0.952 bits per heavy atom. The van der Waals surface area contributed by atoms with Gasteiger partial charge in [-0.2, -0.15) is 0 Å². The Labute approximate surface area is 137 Å². The van der Waals surface area contributed by atoms with E-state index in [1.54, 1.807) is 12.4 Å². The zero-order valence-electron chi connectivity index (χ0n) is 10.3. The Balaban J connectivity index is 0.000000126. The molecule has 106 valence electrons. The first-order valence-corrected chi connectivity index (χ1v) is 7.29. The zero-order valence-corrected chi connectivity index (χ0v) is 13.4. The van der Waals surface area contributed by atoms with Crippen LogP contribution in [0.25, 0.3) is 22.3 Å². The minimum atomic E-state index is 0.395. The molecule has 0 amide bonds. The van der Waals surface area contributed by atoms with Crippen LogP contribution in [0.3, 0.4) is 0 Å². The molecule has 0 bridgehead atoms. The van der Waals surface area contributed by atoms with E-state index in [1.807, 2.05) is 6.07 Å². The highest BCUT2D eigenvalue weighted by Crippen LogP contribution is 2.20. The highest BCUT2D eigenvalue weighted by atomic mass is 79.9. The van der Waals surface area contributed by atoms with Gasteiger partial charge in [-0.3, -0.25) is 0 Å². The summed E-state index contributed by atoms with van der Waals surface area (Å²) in [4.78, 5) is 21.9. The van der Waals surface area contributed by atoms with Crippen molar-refractivity contribution in [1.82, 2.24) is 29.9 Å². The number of aromatic amines is 2. The molecule has 0 fully saturated rings. The second-order valence-corrected chi connectivity index (χ2v) is 5.56. The fourth-order valence-corrected chi connectivity index (χ4v) is 2.32. The molecule has 0 unspecified atom stereocenters. The van der Waals surface area contributed by atoms with E-state index in [9.17, 15) is 0 Å². The molecule has 4 aromatic heterocycles. The summed E-state index contributed by atoms with van der Waals surface area (Å²) in [7, 11) is 0. The van der Waals surface area contributed by atoms with E-state index in [-0.39, 0.29) is 0 Å². The molecule has 0 saturated carbocycles. The van der Waals surface area contributed by atoms with Crippen molar-refractivity contribution in [2.24, 2.45) is 0 Å². The maximum absolute atomic E-state index is 5.62. The number of hydrogen-bond acceptors (Lipinski definition) is 4. The molecule has 0 saturated heterocycles. The topological polar surface area (TPSA) is 83.1 Å². The standard InChI is InChI=1S/C6H3BrClN3.C6H4ClN3/c7-3-1-10-6-5(3)9-2-4(8)11-6;7-5-3-9-4-1-2-8-6(4)10-5/h1-2H,(H,10,11);1-3H,(H,8,10). The van der Waals surface area contributed by atoms with Gasteiger partial charge in [0.1, 0.15) is 21.3 Å². The van der Waals surface area contributed by atoms with E-state index in [0.717, 1.165) is 21.2 Å². The highest BCUT2D eigenvalue weighted by molar-refractivity contribution is 9.10. The van der Waals surface area contributed by atoms with Crippen LogP contribution in [0.5, 0.6) is 0 Å². The lowest BCUT2D eigenvalue weighted by molar-refractivity contribution is 1.26. The van der Waals surface area contributed by atoms with E-state index >= 15 is 0 Å². The second kappa shape index (κ2) is 5.97. The predicted molar refractivity (Wildman–Crippen MR) is 85.5 cm³/mol. The number of nitrogens with zero attached hydrogens (tertiary/aromatic N) is 4. The third-order valence-corrected chi connectivity index (χ3v) is 3.51. The fourth-order valence-electron chi connectivity index (χ4n) is 1.65. The minimum absolute atomic E-state index is 0.395. The molecule has 4 rings (SSSR count). The molecule has 4 heterocycles. The predicted octanol–water partition coefficient (Wildman–Crippen LogP) is 3.99. The number of nitrogens with one attached hydrogen (secondary N) is 2. The zero-order chi connectivity index (χ0) is 14.8. The van der Waals surface area contributed by atoms with Gasteiger partial charge in [-0.15, -0.1) is 0 Å². The van der Waals surface area contributed by atoms with Gasteiger partial charge in [0.15, 0.2) is 11.3 Å². The van der Waals surface area contributed by atoms with Crippen LogP contribution in [-0.2, 0) is 0 Å². The highest BCUT2D eigenvalue weighted by Gasteiger charge is 2.02. The van der Waals surface area contributed by atoms with E-state index < -0.39 is 0 Å². The Morgan fingerprint density at radius 3 is 2.48 bits per heavy atom. The number of rotatable bonds is 0. The second-order valence-electron chi connectivity index (χ2n) is 3.93. The lowest BCUT2D eigenvalue weighted by Gasteiger charge is -1.88. The van der Waals surface area contributed by atoms with Gasteiger partial charge in [0.2, 0.25) is 0 Å². The molecular weight excluding hydrogens is 379 g/mol. The van der Waals surface area contributed by atoms with Crippen molar-refractivity contribution in [3.8, 4) is 0 Å². The van der Waals surface area contributed by atoms with Crippen molar-refractivity contribution in [3.05, 3.63) is 45.6 Å². The maximum atomic E-state index is 5.62. The molecule has 4 aromatic rings. The third-order valence-electron chi connectivity index (χ3n) is 2.54. The number of halogens is 3. The fraction of sp³-hybridized carbons (Fsp3) is 0. The molecule has 2 N–H and O–H groups in total. The van der Waals surface area contributed by atoms with Crippen LogP contribution in [0.4, 0.5) is 0 Å². The summed E-state index contributed by atoms with van der Waals surface area (Å²) in [5, 5.41) is 0.807. The van der Waals surface area contributed by atoms with Crippen molar-refractivity contribution in [2.45, 2.75) is 0 Å². The number of fused-ring (bicyclic) bond motifs is 2. The van der Waals surface area contributed by atoms with Crippen LogP contribution in [0.15, 0.2) is 35.3 Å². The molecular formula is C12H7BrCl2N6. The summed E-state index contributed by atoms with van der Waals surface area (Å²) in [5.74, 6) is 0. The van der Waals surface area contributed by atoms with Crippen molar-refractivity contribution in [1.29, 1.82) is 0 Å². The van der Waals surface area contributed by atoms with Crippen LogP contribution in [0.2, 0.25) is 10.3 Å². The van der Waals surface area contributed by atoms with Crippen LogP contribution in [0.1, 0.15) is 0 Å². The van der Waals surface area contributed by atoms with Gasteiger partial charge in [-0.05, 0) is 22.0 Å². The van der Waals surface area contributed by atoms with Gasteiger partial charge in [-0.25, -0.2) is 19.9 Å². The van der Waals surface area contributed by atoms with Crippen LogP contribution < -0.4 is 0 Å². The summed E-state index contributed by atoms with van der Waals surface area (Å²) < 4.78 is 0.900. The first kappa shape index (κ1) is 14.2. The monoisotopic (exact) mass is 384 g/mol. The first-order chi connectivity index (χ1) is 10.1. The number of aromatic nitrogens is 6. The lowest BCUT2D eigenvalue weighted by Crippen LogP contribution is -1.80. The molecule has 21 heavy (non-hydrogen) atoms. The first-order valence-electron chi connectivity index (χ1n) is 5.74. The molecule has 0 aromatic carbocycles. The molecule has 0 aliphatic carbocycles. The summed E-state index contributed by atoms with van der Waals surface area (Å²) in [6, 6.07) is 1.85. The smallest absolute Gasteiger partial charge is 0.158 e. The van der Waals surface area contributed by atoms with Crippen LogP contribution in [-0.4, -0.2) is 29.9 Å². The molecule has 0 spiro atoms. The normalized spacial score (nSPS) is 10.6. The Bertz CT molecular complexity index is 903. The Hall–Kier alpha value is -1.70. The van der Waals surface area contributed by atoms with Gasteiger partial charge in [0, 0.05) is 12.4 Å². The lowest BCUT2D eigenvalue weighted by atomic mass is 10.5. The molecule has 0 radical (unpaired) electrons. The maximum Gasteiger partial charge on any atom is 0.158 e. The summed E-state index contributed by atoms with van der Waals surface area (Å²) in [6.07, 6.45) is 6.60. The molecule has 0 atom stereocenters. The number of H-pyrrole nitrogens is 2. The minimum Gasteiger partial charge on any atom is -0.345 e. The van der Waals surface area contributed by atoms with Crippen LogP contribution in [0, 0.1) is 0 Å². The van der Waals surface area contributed by atoms with Gasteiger partial charge in [-0.1, -0.05) is 23.2 Å². The summed E-state index contributed by atoms with van der Waals surface area (Å²) in [6.45, 7) is 0. The summed E-state index contributed by atoms with van der Waals surface area (Å²) >= 11 is 14.5. The van der Waals surface area contributed by atoms with E-state index in [0.29, 0.717) is 16.0 Å². The quantitative estimate of drug-likeness (QED) is 0.479. The molecule has 6 nitrogen and oxygen atoms in total. The van der Waals surface area contributed by atoms with Crippen molar-refractivity contribution >= 4 is 61.5 Å². The van der Waals surface area contributed by atoms with E-state index in [2.05, 4.69) is 45.8 Å². The Morgan fingerprint density at radius 2 is 1.67 bits per heavy atom. The van der Waals surface area contributed by atoms with Crippen molar-refractivity contribution < 1.29 is 0 Å². The van der Waals surface area contributed by atoms with Crippen LogP contribution >= 0.6 is 39.1 Å². The average molecular weight is 386 g/mol. The van der Waals surface area contributed by atoms with E-state index in [1.165, 1.54) is 12.4 Å². The van der Waals surface area contributed by atoms with Gasteiger partial charge in [0.05, 0.1) is 16.9 Å². The van der Waals surface area contributed by atoms with Gasteiger partial charge >= 0.3 is 0 Å². The Kier molecular flexibility index (Phi) is 4.05. The number of hydrogen-bond donors (Lipinski definition) is 2. The molecule has 0 aliphatic heterocycles.